The standard InChI is InChI=1S/C10H19N/c1-8-7-10(5-6-11-8)9-3-2-4-9/h8-11H,2-7H2,1H3. The number of rotatable bonds is 1. The predicted octanol–water partition coefficient (Wildman–Crippen LogP) is 2.17. The maximum atomic E-state index is 3.51. The first-order valence-corrected chi connectivity index (χ1v) is 5.09. The van der Waals surface area contributed by atoms with Crippen LogP contribution in [0.2, 0.25) is 0 Å². The van der Waals surface area contributed by atoms with Crippen LogP contribution in [0.15, 0.2) is 0 Å². The molecule has 1 aliphatic heterocycles. The molecule has 1 nitrogen and oxygen atoms in total. The van der Waals surface area contributed by atoms with Crippen LogP contribution >= 0.6 is 0 Å². The summed E-state index contributed by atoms with van der Waals surface area (Å²) in [7, 11) is 0. The lowest BCUT2D eigenvalue weighted by molar-refractivity contribution is 0.151. The molecule has 1 saturated heterocycles. The van der Waals surface area contributed by atoms with Crippen molar-refractivity contribution in [3.05, 3.63) is 0 Å². The van der Waals surface area contributed by atoms with E-state index >= 15 is 0 Å². The summed E-state index contributed by atoms with van der Waals surface area (Å²) in [6.45, 7) is 3.59. The summed E-state index contributed by atoms with van der Waals surface area (Å²) in [6, 6.07) is 0.786. The molecule has 11 heavy (non-hydrogen) atoms. The molecular weight excluding hydrogens is 134 g/mol. The molecule has 2 fully saturated rings. The van der Waals surface area contributed by atoms with Gasteiger partial charge in [0.15, 0.2) is 0 Å². The first-order valence-electron chi connectivity index (χ1n) is 5.09. The Labute approximate surface area is 69.6 Å². The van der Waals surface area contributed by atoms with E-state index in [0.717, 1.165) is 17.9 Å². The van der Waals surface area contributed by atoms with Crippen LogP contribution in [-0.4, -0.2) is 12.6 Å². The van der Waals surface area contributed by atoms with Gasteiger partial charge in [-0.15, -0.1) is 0 Å². The molecule has 1 N–H and O–H groups in total. The van der Waals surface area contributed by atoms with E-state index in [9.17, 15) is 0 Å². The zero-order valence-electron chi connectivity index (χ0n) is 7.47. The lowest BCUT2D eigenvalue weighted by Crippen LogP contribution is -2.39. The highest BCUT2D eigenvalue weighted by Crippen LogP contribution is 2.38. The molecule has 1 saturated carbocycles. The van der Waals surface area contributed by atoms with Crippen molar-refractivity contribution in [3.8, 4) is 0 Å². The second-order valence-corrected chi connectivity index (χ2v) is 4.33. The van der Waals surface area contributed by atoms with Crippen LogP contribution in [0.5, 0.6) is 0 Å². The number of hydrogen-bond acceptors (Lipinski definition) is 1. The van der Waals surface area contributed by atoms with Gasteiger partial charge in [0.2, 0.25) is 0 Å². The van der Waals surface area contributed by atoms with Gasteiger partial charge in [0.25, 0.3) is 0 Å². The van der Waals surface area contributed by atoms with Gasteiger partial charge in [0.1, 0.15) is 0 Å². The molecular formula is C10H19N. The van der Waals surface area contributed by atoms with Crippen LogP contribution in [0.4, 0.5) is 0 Å². The van der Waals surface area contributed by atoms with E-state index in [1.165, 1.54) is 38.6 Å². The minimum atomic E-state index is 0.786. The van der Waals surface area contributed by atoms with E-state index in [1.54, 1.807) is 0 Å². The van der Waals surface area contributed by atoms with Gasteiger partial charge in [0, 0.05) is 6.04 Å². The van der Waals surface area contributed by atoms with Crippen molar-refractivity contribution >= 4 is 0 Å². The fraction of sp³-hybridized carbons (Fsp3) is 1.00. The molecule has 2 aliphatic rings. The Morgan fingerprint density at radius 1 is 1.09 bits per heavy atom. The van der Waals surface area contributed by atoms with Gasteiger partial charge >= 0.3 is 0 Å². The highest BCUT2D eigenvalue weighted by Gasteiger charge is 2.29. The highest BCUT2D eigenvalue weighted by molar-refractivity contribution is 4.83. The first-order chi connectivity index (χ1) is 5.36. The number of nitrogens with one attached hydrogen (secondary N) is 1. The van der Waals surface area contributed by atoms with Crippen LogP contribution in [0, 0.1) is 11.8 Å². The minimum Gasteiger partial charge on any atom is -0.314 e. The van der Waals surface area contributed by atoms with Crippen molar-refractivity contribution in [1.29, 1.82) is 0 Å². The molecule has 2 atom stereocenters. The van der Waals surface area contributed by atoms with E-state index in [0.29, 0.717) is 0 Å². The molecule has 0 spiro atoms. The van der Waals surface area contributed by atoms with Crippen molar-refractivity contribution < 1.29 is 0 Å². The maximum absolute atomic E-state index is 3.51. The summed E-state index contributed by atoms with van der Waals surface area (Å²) in [5, 5.41) is 3.51. The van der Waals surface area contributed by atoms with Crippen LogP contribution in [0.3, 0.4) is 0 Å². The van der Waals surface area contributed by atoms with E-state index < -0.39 is 0 Å². The van der Waals surface area contributed by atoms with E-state index in [1.807, 2.05) is 0 Å². The largest absolute Gasteiger partial charge is 0.314 e. The lowest BCUT2D eigenvalue weighted by atomic mass is 9.71. The fourth-order valence-corrected chi connectivity index (χ4v) is 2.51. The molecule has 0 aromatic carbocycles. The molecule has 0 radical (unpaired) electrons. The van der Waals surface area contributed by atoms with Crippen LogP contribution < -0.4 is 5.32 Å². The van der Waals surface area contributed by atoms with Gasteiger partial charge in [-0.1, -0.05) is 19.3 Å². The zero-order chi connectivity index (χ0) is 7.68. The molecule has 2 rings (SSSR count). The van der Waals surface area contributed by atoms with Gasteiger partial charge in [-0.25, -0.2) is 0 Å². The highest BCUT2D eigenvalue weighted by atomic mass is 14.9. The Hall–Kier alpha value is -0.0400. The third-order valence-corrected chi connectivity index (χ3v) is 3.48. The van der Waals surface area contributed by atoms with E-state index in [4.69, 9.17) is 0 Å². The summed E-state index contributed by atoms with van der Waals surface area (Å²) in [5.74, 6) is 2.18. The molecule has 1 heteroatoms. The SMILES string of the molecule is CC1CC(C2CCC2)CCN1. The van der Waals surface area contributed by atoms with Crippen molar-refractivity contribution in [2.45, 2.75) is 45.1 Å². The number of piperidine rings is 1. The summed E-state index contributed by atoms with van der Waals surface area (Å²) in [4.78, 5) is 0. The van der Waals surface area contributed by atoms with Crippen molar-refractivity contribution in [2.75, 3.05) is 6.54 Å². The van der Waals surface area contributed by atoms with Crippen LogP contribution in [0.1, 0.15) is 39.0 Å². The third-order valence-electron chi connectivity index (χ3n) is 3.48. The summed E-state index contributed by atoms with van der Waals surface area (Å²) in [5.41, 5.74) is 0. The first kappa shape index (κ1) is 7.60. The molecule has 64 valence electrons. The Bertz CT molecular complexity index is 129. The Morgan fingerprint density at radius 2 is 1.91 bits per heavy atom. The predicted molar refractivity (Wildman–Crippen MR) is 47.5 cm³/mol. The van der Waals surface area contributed by atoms with E-state index in [-0.39, 0.29) is 0 Å². The third kappa shape index (κ3) is 1.58. The van der Waals surface area contributed by atoms with Crippen molar-refractivity contribution in [3.63, 3.8) is 0 Å². The Balaban J connectivity index is 1.82. The molecule has 2 unspecified atom stereocenters. The fourth-order valence-electron chi connectivity index (χ4n) is 2.51. The summed E-state index contributed by atoms with van der Waals surface area (Å²) < 4.78 is 0. The zero-order valence-corrected chi connectivity index (χ0v) is 7.47. The smallest absolute Gasteiger partial charge is 0.00414 e. The molecule has 0 amide bonds. The Morgan fingerprint density at radius 3 is 2.45 bits per heavy atom. The van der Waals surface area contributed by atoms with Crippen LogP contribution in [-0.2, 0) is 0 Å². The van der Waals surface area contributed by atoms with Gasteiger partial charge in [0.05, 0.1) is 0 Å². The van der Waals surface area contributed by atoms with Crippen molar-refractivity contribution in [1.82, 2.24) is 5.32 Å². The topological polar surface area (TPSA) is 12.0 Å². The molecule has 0 aromatic rings. The second kappa shape index (κ2) is 3.14. The average Bonchev–Trinajstić information content (AvgIpc) is 1.83. The lowest BCUT2D eigenvalue weighted by Gasteiger charge is -2.38. The van der Waals surface area contributed by atoms with Crippen molar-refractivity contribution in [2.24, 2.45) is 11.8 Å². The monoisotopic (exact) mass is 153 g/mol. The van der Waals surface area contributed by atoms with Gasteiger partial charge in [-0.05, 0) is 38.1 Å². The summed E-state index contributed by atoms with van der Waals surface area (Å²) >= 11 is 0. The maximum Gasteiger partial charge on any atom is 0.00414 e. The quantitative estimate of drug-likeness (QED) is 0.609. The summed E-state index contributed by atoms with van der Waals surface area (Å²) in [6.07, 6.45) is 7.43. The molecule has 1 aliphatic carbocycles. The normalized spacial score (nSPS) is 40.1. The molecule has 0 bridgehead atoms. The Kier molecular flexibility index (Phi) is 2.17. The van der Waals surface area contributed by atoms with Gasteiger partial charge in [-0.3, -0.25) is 0 Å². The second-order valence-electron chi connectivity index (χ2n) is 4.33. The average molecular weight is 153 g/mol. The van der Waals surface area contributed by atoms with E-state index in [2.05, 4.69) is 12.2 Å². The minimum absolute atomic E-state index is 0.786. The molecule has 0 aromatic heterocycles. The van der Waals surface area contributed by atoms with Crippen LogP contribution in [0.25, 0.3) is 0 Å². The molecule has 1 heterocycles. The number of hydrogen-bond donors (Lipinski definition) is 1. The van der Waals surface area contributed by atoms with Gasteiger partial charge in [-0.2, -0.15) is 0 Å². The van der Waals surface area contributed by atoms with Gasteiger partial charge < -0.3 is 5.32 Å².